The van der Waals surface area contributed by atoms with E-state index >= 15 is 0 Å². The summed E-state index contributed by atoms with van der Waals surface area (Å²) in [5.41, 5.74) is 3.05. The van der Waals surface area contributed by atoms with Gasteiger partial charge in [-0.3, -0.25) is 14.9 Å². The van der Waals surface area contributed by atoms with Crippen molar-refractivity contribution in [3.05, 3.63) is 47.8 Å². The molecule has 6 nitrogen and oxygen atoms in total. The van der Waals surface area contributed by atoms with Gasteiger partial charge in [0.25, 0.3) is 0 Å². The Morgan fingerprint density at radius 2 is 2.00 bits per heavy atom. The molecule has 1 saturated heterocycles. The molecule has 2 aromatic rings. The maximum absolute atomic E-state index is 5.53. The van der Waals surface area contributed by atoms with Gasteiger partial charge in [0.2, 0.25) is 6.79 Å². The van der Waals surface area contributed by atoms with Crippen LogP contribution in [0.1, 0.15) is 11.1 Å². The van der Waals surface area contributed by atoms with Crippen LogP contribution >= 0.6 is 0 Å². The molecule has 0 radical (unpaired) electrons. The third-order valence-electron chi connectivity index (χ3n) is 4.41. The summed E-state index contributed by atoms with van der Waals surface area (Å²) in [6, 6.07) is 7.90. The molecule has 0 saturated carbocycles. The molecule has 1 aromatic heterocycles. The second-order valence-electron chi connectivity index (χ2n) is 6.08. The Morgan fingerprint density at radius 3 is 2.80 bits per heavy atom. The summed E-state index contributed by atoms with van der Waals surface area (Å²) in [4.78, 5) is 11.2. The number of hydrogen-bond donors (Lipinski definition) is 0. The van der Waals surface area contributed by atoms with Crippen molar-refractivity contribution in [2.45, 2.75) is 6.42 Å². The highest BCUT2D eigenvalue weighted by molar-refractivity contribution is 5.82. The van der Waals surface area contributed by atoms with Crippen molar-refractivity contribution in [3.63, 3.8) is 0 Å². The number of morpholine rings is 1. The molecule has 2 aliphatic rings. The summed E-state index contributed by atoms with van der Waals surface area (Å²) in [6.45, 7) is 4.85. The molecule has 0 atom stereocenters. The number of benzene rings is 1. The molecule has 0 N–H and O–H groups in total. The largest absolute Gasteiger partial charge is 0.454 e. The Bertz CT molecular complexity index is 743. The van der Waals surface area contributed by atoms with Crippen molar-refractivity contribution in [3.8, 4) is 11.5 Å². The quantitative estimate of drug-likeness (QED) is 0.783. The van der Waals surface area contributed by atoms with Crippen LogP contribution in [0, 0.1) is 0 Å². The first-order valence-electron chi connectivity index (χ1n) is 8.55. The lowest BCUT2D eigenvalue weighted by Crippen LogP contribution is -2.37. The highest BCUT2D eigenvalue weighted by Crippen LogP contribution is 2.38. The number of rotatable bonds is 5. The normalized spacial score (nSPS) is 17.3. The van der Waals surface area contributed by atoms with Crippen LogP contribution in [0.15, 0.2) is 41.7 Å². The second kappa shape index (κ2) is 7.63. The predicted octanol–water partition coefficient (Wildman–Crippen LogP) is 2.44. The van der Waals surface area contributed by atoms with Crippen molar-refractivity contribution in [2.24, 2.45) is 4.99 Å². The Balaban J connectivity index is 1.54. The predicted molar refractivity (Wildman–Crippen MR) is 95.0 cm³/mol. The van der Waals surface area contributed by atoms with Crippen molar-refractivity contribution >= 4 is 11.9 Å². The highest BCUT2D eigenvalue weighted by atomic mass is 16.7. The minimum Gasteiger partial charge on any atom is -0.454 e. The van der Waals surface area contributed by atoms with Crippen LogP contribution in [0.4, 0.5) is 5.69 Å². The van der Waals surface area contributed by atoms with E-state index in [9.17, 15) is 0 Å². The van der Waals surface area contributed by atoms with Gasteiger partial charge in [-0.25, -0.2) is 0 Å². The van der Waals surface area contributed by atoms with Gasteiger partial charge in [-0.05, 0) is 24.1 Å². The van der Waals surface area contributed by atoms with Gasteiger partial charge in [0, 0.05) is 49.9 Å². The Kier molecular flexibility index (Phi) is 4.90. The molecular weight excluding hydrogens is 318 g/mol. The first-order chi connectivity index (χ1) is 12.4. The van der Waals surface area contributed by atoms with Gasteiger partial charge in [0.05, 0.1) is 18.9 Å². The van der Waals surface area contributed by atoms with E-state index in [1.165, 1.54) is 0 Å². The van der Waals surface area contributed by atoms with Gasteiger partial charge in [-0.1, -0.05) is 6.07 Å². The first kappa shape index (κ1) is 16.1. The second-order valence-corrected chi connectivity index (χ2v) is 6.08. The van der Waals surface area contributed by atoms with E-state index < -0.39 is 0 Å². The Morgan fingerprint density at radius 1 is 1.16 bits per heavy atom. The zero-order valence-electron chi connectivity index (χ0n) is 14.1. The molecular formula is C19H21N3O3. The van der Waals surface area contributed by atoms with E-state index in [0.717, 1.165) is 67.6 Å². The summed E-state index contributed by atoms with van der Waals surface area (Å²) in [7, 11) is 0. The number of pyridine rings is 1. The van der Waals surface area contributed by atoms with Crippen molar-refractivity contribution in [2.75, 3.05) is 39.6 Å². The van der Waals surface area contributed by atoms with Crippen molar-refractivity contribution < 1.29 is 14.2 Å². The SMILES string of the molecule is C(=Nc1cc2c(cc1CCN1CCOCC1)OCO2)c1cccnc1. The van der Waals surface area contributed by atoms with E-state index in [1.807, 2.05) is 24.4 Å². The molecule has 130 valence electrons. The monoisotopic (exact) mass is 339 g/mol. The fourth-order valence-corrected chi connectivity index (χ4v) is 2.99. The lowest BCUT2D eigenvalue weighted by atomic mass is 10.1. The average molecular weight is 339 g/mol. The van der Waals surface area contributed by atoms with Crippen LogP contribution < -0.4 is 9.47 Å². The smallest absolute Gasteiger partial charge is 0.231 e. The van der Waals surface area contributed by atoms with E-state index in [2.05, 4.69) is 20.9 Å². The molecule has 1 fully saturated rings. The zero-order chi connectivity index (χ0) is 16.9. The van der Waals surface area contributed by atoms with Crippen LogP contribution in [-0.4, -0.2) is 55.7 Å². The summed E-state index contributed by atoms with van der Waals surface area (Å²) in [6.07, 6.45) is 6.30. The summed E-state index contributed by atoms with van der Waals surface area (Å²) in [5.74, 6) is 1.56. The van der Waals surface area contributed by atoms with Gasteiger partial charge < -0.3 is 14.2 Å². The van der Waals surface area contributed by atoms with Gasteiger partial charge in [-0.2, -0.15) is 0 Å². The number of ether oxygens (including phenoxy) is 3. The van der Waals surface area contributed by atoms with Crippen LogP contribution in [0.5, 0.6) is 11.5 Å². The third-order valence-corrected chi connectivity index (χ3v) is 4.41. The first-order valence-corrected chi connectivity index (χ1v) is 8.55. The highest BCUT2D eigenvalue weighted by Gasteiger charge is 2.18. The summed E-state index contributed by atoms with van der Waals surface area (Å²) >= 11 is 0. The molecule has 0 bridgehead atoms. The molecule has 0 spiro atoms. The maximum Gasteiger partial charge on any atom is 0.231 e. The minimum absolute atomic E-state index is 0.272. The number of fused-ring (bicyclic) bond motifs is 1. The van der Waals surface area contributed by atoms with E-state index in [-0.39, 0.29) is 6.79 Å². The maximum atomic E-state index is 5.53. The molecule has 3 heterocycles. The minimum atomic E-state index is 0.272. The fourth-order valence-electron chi connectivity index (χ4n) is 2.99. The lowest BCUT2D eigenvalue weighted by Gasteiger charge is -2.26. The molecule has 2 aliphatic heterocycles. The lowest BCUT2D eigenvalue weighted by molar-refractivity contribution is 0.0384. The number of nitrogens with zero attached hydrogens (tertiary/aromatic N) is 3. The Labute approximate surface area is 147 Å². The Hall–Kier alpha value is -2.44. The van der Waals surface area contributed by atoms with Crippen molar-refractivity contribution in [1.82, 2.24) is 9.88 Å². The van der Waals surface area contributed by atoms with Gasteiger partial charge >= 0.3 is 0 Å². The van der Waals surface area contributed by atoms with Gasteiger partial charge in [-0.15, -0.1) is 0 Å². The van der Waals surface area contributed by atoms with Gasteiger partial charge in [0.1, 0.15) is 0 Å². The molecule has 1 aromatic carbocycles. The van der Waals surface area contributed by atoms with Crippen LogP contribution in [-0.2, 0) is 11.2 Å². The molecule has 6 heteroatoms. The summed E-state index contributed by atoms with van der Waals surface area (Å²) < 4.78 is 16.5. The molecule has 0 unspecified atom stereocenters. The topological polar surface area (TPSA) is 56.2 Å². The van der Waals surface area contributed by atoms with E-state index in [1.54, 1.807) is 12.4 Å². The average Bonchev–Trinajstić information content (AvgIpc) is 3.13. The van der Waals surface area contributed by atoms with E-state index in [4.69, 9.17) is 14.2 Å². The number of aliphatic imine (C=N–C) groups is 1. The van der Waals surface area contributed by atoms with Gasteiger partial charge in [0.15, 0.2) is 11.5 Å². The molecule has 4 rings (SSSR count). The zero-order valence-corrected chi connectivity index (χ0v) is 14.1. The number of aromatic nitrogens is 1. The fraction of sp³-hybridized carbons (Fsp3) is 0.368. The molecule has 25 heavy (non-hydrogen) atoms. The standard InChI is InChI=1S/C19H21N3O3/c1-2-15(12-20-4-1)13-21-17-11-19-18(24-14-25-19)10-16(17)3-5-22-6-8-23-9-7-22/h1-2,4,10-13H,3,5-9,14H2. The number of hydrogen-bond acceptors (Lipinski definition) is 6. The third kappa shape index (κ3) is 3.97. The van der Waals surface area contributed by atoms with Crippen molar-refractivity contribution in [1.29, 1.82) is 0 Å². The van der Waals surface area contributed by atoms with E-state index in [0.29, 0.717) is 0 Å². The van der Waals surface area contributed by atoms with Crippen LogP contribution in [0.3, 0.4) is 0 Å². The molecule has 0 aliphatic carbocycles. The molecule has 0 amide bonds. The van der Waals surface area contributed by atoms with Crippen LogP contribution in [0.25, 0.3) is 0 Å². The summed E-state index contributed by atoms with van der Waals surface area (Å²) in [5, 5.41) is 0. The van der Waals surface area contributed by atoms with Crippen LogP contribution in [0.2, 0.25) is 0 Å².